The van der Waals surface area contributed by atoms with Crippen LogP contribution in [0.2, 0.25) is 0 Å². The Bertz CT molecular complexity index is 516. The zero-order valence-electron chi connectivity index (χ0n) is 8.69. The molecule has 0 fully saturated rings. The smallest absolute Gasteiger partial charge is 0.231 e. The SMILES string of the molecule is O=C1C=C2c3ccccc3NC(=O)C2CC1. The minimum atomic E-state index is -0.146. The lowest BCUT2D eigenvalue weighted by molar-refractivity contribution is -0.119. The van der Waals surface area contributed by atoms with Crippen LogP contribution in [0.4, 0.5) is 5.69 Å². The van der Waals surface area contributed by atoms with Crippen molar-refractivity contribution in [2.45, 2.75) is 12.8 Å². The van der Waals surface area contributed by atoms with E-state index in [1.165, 1.54) is 0 Å². The third-order valence-corrected chi connectivity index (χ3v) is 3.18. The highest BCUT2D eigenvalue weighted by atomic mass is 16.2. The molecule has 1 aliphatic carbocycles. The molecule has 0 bridgehead atoms. The normalized spacial score (nSPS) is 23.0. The first-order valence-electron chi connectivity index (χ1n) is 5.40. The number of anilines is 1. The summed E-state index contributed by atoms with van der Waals surface area (Å²) in [5.41, 5.74) is 2.68. The highest BCUT2D eigenvalue weighted by Gasteiger charge is 2.33. The molecule has 3 nitrogen and oxygen atoms in total. The summed E-state index contributed by atoms with van der Waals surface area (Å²) in [6.07, 6.45) is 2.74. The fourth-order valence-corrected chi connectivity index (χ4v) is 2.39. The number of rotatable bonds is 0. The van der Waals surface area contributed by atoms with E-state index in [1.807, 2.05) is 24.3 Å². The van der Waals surface area contributed by atoms with Crippen molar-refractivity contribution in [2.75, 3.05) is 5.32 Å². The van der Waals surface area contributed by atoms with E-state index in [0.717, 1.165) is 16.8 Å². The van der Waals surface area contributed by atoms with Crippen molar-refractivity contribution in [2.24, 2.45) is 5.92 Å². The number of allylic oxidation sites excluding steroid dienone is 1. The Balaban J connectivity index is 2.20. The van der Waals surface area contributed by atoms with Gasteiger partial charge in [0.2, 0.25) is 5.91 Å². The Labute approximate surface area is 93.2 Å². The van der Waals surface area contributed by atoms with E-state index in [2.05, 4.69) is 5.32 Å². The number of fused-ring (bicyclic) bond motifs is 3. The number of nitrogens with one attached hydrogen (secondary N) is 1. The van der Waals surface area contributed by atoms with Gasteiger partial charge in [-0.05, 0) is 24.1 Å². The molecule has 1 aliphatic heterocycles. The second-order valence-corrected chi connectivity index (χ2v) is 4.19. The van der Waals surface area contributed by atoms with Crippen LogP contribution in [0.25, 0.3) is 5.57 Å². The molecule has 3 heteroatoms. The number of ketones is 1. The maximum absolute atomic E-state index is 11.8. The molecule has 2 aliphatic rings. The maximum atomic E-state index is 11.8. The van der Waals surface area contributed by atoms with Gasteiger partial charge in [-0.2, -0.15) is 0 Å². The Morgan fingerprint density at radius 2 is 2.00 bits per heavy atom. The molecule has 0 spiro atoms. The lowest BCUT2D eigenvalue weighted by Gasteiger charge is -2.29. The third kappa shape index (κ3) is 1.28. The van der Waals surface area contributed by atoms with Gasteiger partial charge in [0.05, 0.1) is 5.92 Å². The fraction of sp³-hybridized carbons (Fsp3) is 0.231. The van der Waals surface area contributed by atoms with Gasteiger partial charge in [0.25, 0.3) is 0 Å². The van der Waals surface area contributed by atoms with Gasteiger partial charge >= 0.3 is 0 Å². The first-order valence-corrected chi connectivity index (χ1v) is 5.40. The summed E-state index contributed by atoms with van der Waals surface area (Å²) in [5, 5.41) is 2.88. The summed E-state index contributed by atoms with van der Waals surface area (Å²) >= 11 is 0. The summed E-state index contributed by atoms with van der Waals surface area (Å²) in [7, 11) is 0. The highest BCUT2D eigenvalue weighted by molar-refractivity contribution is 6.12. The summed E-state index contributed by atoms with van der Waals surface area (Å²) in [4.78, 5) is 23.3. The maximum Gasteiger partial charge on any atom is 0.231 e. The van der Waals surface area contributed by atoms with Gasteiger partial charge in [0, 0.05) is 17.7 Å². The Hall–Kier alpha value is -1.90. The molecule has 1 atom stereocenters. The van der Waals surface area contributed by atoms with E-state index in [9.17, 15) is 9.59 Å². The molecule has 1 unspecified atom stereocenters. The average Bonchev–Trinajstić information content (AvgIpc) is 2.29. The molecule has 1 aromatic carbocycles. The van der Waals surface area contributed by atoms with Crippen LogP contribution in [0, 0.1) is 5.92 Å². The summed E-state index contributed by atoms with van der Waals surface area (Å²) in [6, 6.07) is 7.62. The number of hydrogen-bond acceptors (Lipinski definition) is 2. The molecular weight excluding hydrogens is 202 g/mol. The van der Waals surface area contributed by atoms with Crippen LogP contribution in [0.3, 0.4) is 0 Å². The van der Waals surface area contributed by atoms with E-state index in [1.54, 1.807) is 6.08 Å². The predicted octanol–water partition coefficient (Wildman–Crippen LogP) is 2.00. The van der Waals surface area contributed by atoms with Crippen molar-refractivity contribution in [1.82, 2.24) is 0 Å². The molecule has 0 saturated heterocycles. The zero-order chi connectivity index (χ0) is 11.1. The first kappa shape index (κ1) is 9.33. The van der Waals surface area contributed by atoms with E-state index in [-0.39, 0.29) is 17.6 Å². The number of hydrogen-bond donors (Lipinski definition) is 1. The highest BCUT2D eigenvalue weighted by Crippen LogP contribution is 2.39. The average molecular weight is 213 g/mol. The molecule has 1 aromatic rings. The number of carbonyl (C=O) groups is 2. The summed E-state index contributed by atoms with van der Waals surface area (Å²) < 4.78 is 0. The van der Waals surface area contributed by atoms with Gasteiger partial charge in [0.1, 0.15) is 0 Å². The van der Waals surface area contributed by atoms with Gasteiger partial charge in [-0.1, -0.05) is 18.2 Å². The van der Waals surface area contributed by atoms with Crippen molar-refractivity contribution in [3.63, 3.8) is 0 Å². The quantitative estimate of drug-likeness (QED) is 0.716. The Kier molecular flexibility index (Phi) is 1.93. The molecule has 0 aromatic heterocycles. The molecule has 1 N–H and O–H groups in total. The monoisotopic (exact) mass is 213 g/mol. The van der Waals surface area contributed by atoms with Crippen molar-refractivity contribution in [1.29, 1.82) is 0 Å². The first-order chi connectivity index (χ1) is 7.75. The minimum absolute atomic E-state index is 0.0115. The van der Waals surface area contributed by atoms with E-state index >= 15 is 0 Å². The van der Waals surface area contributed by atoms with Gasteiger partial charge in [-0.3, -0.25) is 9.59 Å². The Morgan fingerprint density at radius 1 is 1.19 bits per heavy atom. The van der Waals surface area contributed by atoms with Crippen LogP contribution in [-0.4, -0.2) is 11.7 Å². The van der Waals surface area contributed by atoms with Crippen LogP contribution in [0.1, 0.15) is 18.4 Å². The molecular formula is C13H11NO2. The van der Waals surface area contributed by atoms with Crippen LogP contribution < -0.4 is 5.32 Å². The molecule has 3 rings (SSSR count). The minimum Gasteiger partial charge on any atom is -0.325 e. The molecule has 1 amide bonds. The van der Waals surface area contributed by atoms with Crippen molar-refractivity contribution >= 4 is 23.0 Å². The van der Waals surface area contributed by atoms with E-state index < -0.39 is 0 Å². The van der Waals surface area contributed by atoms with Gasteiger partial charge in [0.15, 0.2) is 5.78 Å². The van der Waals surface area contributed by atoms with Crippen LogP contribution in [0.15, 0.2) is 30.3 Å². The van der Waals surface area contributed by atoms with Gasteiger partial charge in [-0.25, -0.2) is 0 Å². The second kappa shape index (κ2) is 3.30. The number of carbonyl (C=O) groups excluding carboxylic acids is 2. The largest absolute Gasteiger partial charge is 0.325 e. The number of benzene rings is 1. The van der Waals surface area contributed by atoms with Gasteiger partial charge < -0.3 is 5.32 Å². The van der Waals surface area contributed by atoms with Crippen LogP contribution >= 0.6 is 0 Å². The lowest BCUT2D eigenvalue weighted by Crippen LogP contribution is -2.31. The summed E-state index contributed by atoms with van der Waals surface area (Å²) in [6.45, 7) is 0. The predicted molar refractivity (Wildman–Crippen MR) is 60.8 cm³/mol. The molecule has 1 heterocycles. The summed E-state index contributed by atoms with van der Waals surface area (Å²) in [5.74, 6) is -0.0131. The zero-order valence-corrected chi connectivity index (χ0v) is 8.69. The topological polar surface area (TPSA) is 46.2 Å². The van der Waals surface area contributed by atoms with Crippen LogP contribution in [-0.2, 0) is 9.59 Å². The van der Waals surface area contributed by atoms with E-state index in [4.69, 9.17) is 0 Å². The number of amides is 1. The van der Waals surface area contributed by atoms with Crippen molar-refractivity contribution < 1.29 is 9.59 Å². The molecule has 0 radical (unpaired) electrons. The molecule has 80 valence electrons. The van der Waals surface area contributed by atoms with E-state index in [0.29, 0.717) is 12.8 Å². The fourth-order valence-electron chi connectivity index (χ4n) is 2.39. The number of para-hydroxylation sites is 1. The van der Waals surface area contributed by atoms with Gasteiger partial charge in [-0.15, -0.1) is 0 Å². The van der Waals surface area contributed by atoms with Crippen LogP contribution in [0.5, 0.6) is 0 Å². The second-order valence-electron chi connectivity index (χ2n) is 4.19. The molecule has 0 saturated carbocycles. The third-order valence-electron chi connectivity index (χ3n) is 3.18. The molecule has 16 heavy (non-hydrogen) atoms. The lowest BCUT2D eigenvalue weighted by atomic mass is 9.80. The standard InChI is InChI=1S/C13H11NO2/c15-8-5-6-10-11(7-8)9-3-1-2-4-12(9)14-13(10)16/h1-4,7,10H,5-6H2,(H,14,16). The Morgan fingerprint density at radius 3 is 2.88 bits per heavy atom. The van der Waals surface area contributed by atoms with Crippen molar-refractivity contribution in [3.8, 4) is 0 Å². The van der Waals surface area contributed by atoms with Crippen molar-refractivity contribution in [3.05, 3.63) is 35.9 Å².